The SMILES string of the molecule is Cc1ccc(C(N)CCCC(=O)O)c2ccccc12. The fourth-order valence-electron chi connectivity index (χ4n) is 2.43. The Kier molecular flexibility index (Phi) is 4.17. The zero-order valence-corrected chi connectivity index (χ0v) is 11.1. The average molecular weight is 257 g/mol. The molecule has 0 aliphatic heterocycles. The molecule has 0 aliphatic carbocycles. The van der Waals surface area contributed by atoms with Crippen LogP contribution < -0.4 is 5.73 Å². The average Bonchev–Trinajstić information content (AvgIpc) is 2.39. The van der Waals surface area contributed by atoms with Crippen LogP contribution in [0.5, 0.6) is 0 Å². The minimum absolute atomic E-state index is 0.107. The molecule has 3 N–H and O–H groups in total. The van der Waals surface area contributed by atoms with Crippen molar-refractivity contribution >= 4 is 16.7 Å². The van der Waals surface area contributed by atoms with E-state index in [0.717, 1.165) is 5.56 Å². The van der Waals surface area contributed by atoms with Gasteiger partial charge in [-0.15, -0.1) is 0 Å². The van der Waals surface area contributed by atoms with Gasteiger partial charge in [-0.2, -0.15) is 0 Å². The molecule has 0 aliphatic rings. The smallest absolute Gasteiger partial charge is 0.303 e. The summed E-state index contributed by atoms with van der Waals surface area (Å²) in [4.78, 5) is 10.5. The van der Waals surface area contributed by atoms with Gasteiger partial charge in [-0.3, -0.25) is 4.79 Å². The van der Waals surface area contributed by atoms with Crippen LogP contribution in [0.2, 0.25) is 0 Å². The lowest BCUT2D eigenvalue weighted by Gasteiger charge is -2.15. The number of fused-ring (bicyclic) bond motifs is 1. The quantitative estimate of drug-likeness (QED) is 0.862. The van der Waals surface area contributed by atoms with E-state index in [1.165, 1.54) is 16.3 Å². The van der Waals surface area contributed by atoms with Crippen molar-refractivity contribution in [2.75, 3.05) is 0 Å². The number of rotatable bonds is 5. The largest absolute Gasteiger partial charge is 0.481 e. The summed E-state index contributed by atoms with van der Waals surface area (Å²) < 4.78 is 0. The molecule has 0 saturated carbocycles. The lowest BCUT2D eigenvalue weighted by molar-refractivity contribution is -0.137. The third kappa shape index (κ3) is 3.12. The summed E-state index contributed by atoms with van der Waals surface area (Å²) in [6.45, 7) is 2.09. The number of aryl methyl sites for hydroxylation is 1. The monoisotopic (exact) mass is 257 g/mol. The highest BCUT2D eigenvalue weighted by atomic mass is 16.4. The van der Waals surface area contributed by atoms with E-state index in [4.69, 9.17) is 10.8 Å². The van der Waals surface area contributed by atoms with E-state index in [1.807, 2.05) is 12.1 Å². The van der Waals surface area contributed by atoms with E-state index < -0.39 is 5.97 Å². The Morgan fingerprint density at radius 1 is 1.21 bits per heavy atom. The highest BCUT2D eigenvalue weighted by Crippen LogP contribution is 2.28. The number of hydrogen-bond donors (Lipinski definition) is 2. The van der Waals surface area contributed by atoms with Gasteiger partial charge in [-0.25, -0.2) is 0 Å². The zero-order chi connectivity index (χ0) is 13.8. The van der Waals surface area contributed by atoms with Gasteiger partial charge in [0, 0.05) is 12.5 Å². The van der Waals surface area contributed by atoms with Gasteiger partial charge in [0.05, 0.1) is 0 Å². The van der Waals surface area contributed by atoms with Crippen LogP contribution in [-0.4, -0.2) is 11.1 Å². The highest BCUT2D eigenvalue weighted by molar-refractivity contribution is 5.88. The molecule has 0 heterocycles. The Morgan fingerprint density at radius 2 is 1.89 bits per heavy atom. The molecule has 3 heteroatoms. The molecule has 2 aromatic rings. The van der Waals surface area contributed by atoms with Crippen molar-refractivity contribution in [1.82, 2.24) is 0 Å². The molecule has 0 bridgehead atoms. The normalized spacial score (nSPS) is 12.5. The van der Waals surface area contributed by atoms with Crippen LogP contribution in [0.3, 0.4) is 0 Å². The molecular formula is C16H19NO2. The van der Waals surface area contributed by atoms with Crippen molar-refractivity contribution in [3.05, 3.63) is 47.5 Å². The van der Waals surface area contributed by atoms with Gasteiger partial charge in [-0.1, -0.05) is 36.4 Å². The first-order valence-corrected chi connectivity index (χ1v) is 6.55. The van der Waals surface area contributed by atoms with Crippen LogP contribution in [0, 0.1) is 6.92 Å². The summed E-state index contributed by atoms with van der Waals surface area (Å²) in [5, 5.41) is 11.1. The summed E-state index contributed by atoms with van der Waals surface area (Å²) >= 11 is 0. The van der Waals surface area contributed by atoms with E-state index in [0.29, 0.717) is 12.8 Å². The third-order valence-corrected chi connectivity index (χ3v) is 3.48. The zero-order valence-electron chi connectivity index (χ0n) is 11.1. The second-order valence-corrected chi connectivity index (χ2v) is 4.91. The molecule has 0 aromatic heterocycles. The molecule has 2 aromatic carbocycles. The Morgan fingerprint density at radius 3 is 2.58 bits per heavy atom. The minimum atomic E-state index is -0.763. The molecule has 1 unspecified atom stereocenters. The second kappa shape index (κ2) is 5.85. The first-order valence-electron chi connectivity index (χ1n) is 6.55. The fourth-order valence-corrected chi connectivity index (χ4v) is 2.43. The number of aliphatic carboxylic acids is 1. The molecule has 2 rings (SSSR count). The highest BCUT2D eigenvalue weighted by Gasteiger charge is 2.11. The number of hydrogen-bond acceptors (Lipinski definition) is 2. The van der Waals surface area contributed by atoms with Crippen molar-refractivity contribution in [3.8, 4) is 0 Å². The van der Waals surface area contributed by atoms with E-state index >= 15 is 0 Å². The molecule has 0 spiro atoms. The Labute approximate surface area is 113 Å². The maximum Gasteiger partial charge on any atom is 0.303 e. The summed E-state index contributed by atoms with van der Waals surface area (Å²) in [6, 6.07) is 12.2. The van der Waals surface area contributed by atoms with Crippen LogP contribution >= 0.6 is 0 Å². The maximum atomic E-state index is 10.5. The van der Waals surface area contributed by atoms with Crippen LogP contribution in [-0.2, 0) is 4.79 Å². The van der Waals surface area contributed by atoms with Gasteiger partial charge in [0.25, 0.3) is 0 Å². The van der Waals surface area contributed by atoms with Crippen LogP contribution in [0.1, 0.15) is 36.4 Å². The molecule has 19 heavy (non-hydrogen) atoms. The van der Waals surface area contributed by atoms with Crippen LogP contribution in [0.15, 0.2) is 36.4 Å². The van der Waals surface area contributed by atoms with Crippen molar-refractivity contribution < 1.29 is 9.90 Å². The Balaban J connectivity index is 2.24. The third-order valence-electron chi connectivity index (χ3n) is 3.48. The second-order valence-electron chi connectivity index (χ2n) is 4.91. The van der Waals surface area contributed by atoms with Crippen LogP contribution in [0.4, 0.5) is 0 Å². The molecule has 100 valence electrons. The molecular weight excluding hydrogens is 238 g/mol. The Bertz CT molecular complexity index is 592. The predicted octanol–water partition coefficient (Wildman–Crippen LogP) is 3.40. The van der Waals surface area contributed by atoms with Gasteiger partial charge in [0.15, 0.2) is 0 Å². The van der Waals surface area contributed by atoms with E-state index in [1.54, 1.807) is 0 Å². The van der Waals surface area contributed by atoms with Gasteiger partial charge >= 0.3 is 5.97 Å². The van der Waals surface area contributed by atoms with Crippen molar-refractivity contribution in [2.24, 2.45) is 5.73 Å². The molecule has 1 atom stereocenters. The maximum absolute atomic E-state index is 10.5. The van der Waals surface area contributed by atoms with E-state index in [-0.39, 0.29) is 12.5 Å². The summed E-state index contributed by atoms with van der Waals surface area (Å²) in [6.07, 6.45) is 1.48. The van der Waals surface area contributed by atoms with E-state index in [2.05, 4.69) is 31.2 Å². The molecule has 0 radical (unpaired) electrons. The number of nitrogens with two attached hydrogens (primary N) is 1. The first-order chi connectivity index (χ1) is 9.09. The molecule has 0 fully saturated rings. The Hall–Kier alpha value is -1.87. The lowest BCUT2D eigenvalue weighted by Crippen LogP contribution is -2.11. The minimum Gasteiger partial charge on any atom is -0.481 e. The van der Waals surface area contributed by atoms with Gasteiger partial charge in [0.1, 0.15) is 0 Å². The first kappa shape index (κ1) is 13.6. The number of carboxylic acid groups (broad SMARTS) is 1. The summed E-state index contributed by atoms with van der Waals surface area (Å²) in [5.41, 5.74) is 8.54. The van der Waals surface area contributed by atoms with E-state index in [9.17, 15) is 4.79 Å². The van der Waals surface area contributed by atoms with Crippen molar-refractivity contribution in [2.45, 2.75) is 32.2 Å². The van der Waals surface area contributed by atoms with Gasteiger partial charge in [0.2, 0.25) is 0 Å². The van der Waals surface area contributed by atoms with Gasteiger partial charge in [-0.05, 0) is 41.7 Å². The van der Waals surface area contributed by atoms with Crippen molar-refractivity contribution in [1.29, 1.82) is 0 Å². The van der Waals surface area contributed by atoms with Crippen LogP contribution in [0.25, 0.3) is 10.8 Å². The number of carbonyl (C=O) groups is 1. The molecule has 3 nitrogen and oxygen atoms in total. The number of benzene rings is 2. The lowest BCUT2D eigenvalue weighted by atomic mass is 9.94. The molecule has 0 amide bonds. The van der Waals surface area contributed by atoms with Gasteiger partial charge < -0.3 is 10.8 Å². The summed E-state index contributed by atoms with van der Waals surface area (Å²) in [7, 11) is 0. The molecule has 0 saturated heterocycles. The number of carboxylic acids is 1. The fraction of sp³-hybridized carbons (Fsp3) is 0.312. The summed E-state index contributed by atoms with van der Waals surface area (Å²) in [5.74, 6) is -0.763. The van der Waals surface area contributed by atoms with Crippen molar-refractivity contribution in [3.63, 3.8) is 0 Å². The predicted molar refractivity (Wildman–Crippen MR) is 77.1 cm³/mol. The topological polar surface area (TPSA) is 63.3 Å². The standard InChI is InChI=1S/C16H19NO2/c1-11-9-10-14(13-6-3-2-5-12(11)13)15(17)7-4-8-16(18)19/h2-3,5-6,9-10,15H,4,7-8,17H2,1H3,(H,18,19).